The van der Waals surface area contributed by atoms with Crippen LogP contribution in [0.5, 0.6) is 0 Å². The molecular weight excluding hydrogens is 316 g/mol. The summed E-state index contributed by atoms with van der Waals surface area (Å²) in [5, 5.41) is 3.67. The van der Waals surface area contributed by atoms with Gasteiger partial charge < -0.3 is 14.3 Å². The molecule has 0 unspecified atom stereocenters. The lowest BCUT2D eigenvalue weighted by atomic mass is 10.1. The van der Waals surface area contributed by atoms with Crippen LogP contribution in [0.15, 0.2) is 45.7 Å². The van der Waals surface area contributed by atoms with Crippen LogP contribution < -0.4 is 10.9 Å². The average Bonchev–Trinajstić information content (AvgIpc) is 2.87. The van der Waals surface area contributed by atoms with E-state index in [9.17, 15) is 9.59 Å². The van der Waals surface area contributed by atoms with Crippen LogP contribution in [0.4, 0.5) is 0 Å². The van der Waals surface area contributed by atoms with E-state index in [-0.39, 0.29) is 23.6 Å². The summed E-state index contributed by atoms with van der Waals surface area (Å²) in [5.74, 6) is 0.0597. The van der Waals surface area contributed by atoms with Crippen LogP contribution in [-0.2, 0) is 13.6 Å². The Kier molecular flexibility index (Phi) is 3.96. The number of nitrogens with one attached hydrogen (secondary N) is 1. The van der Waals surface area contributed by atoms with Gasteiger partial charge in [-0.25, -0.2) is 0 Å². The fraction of sp³-hybridized carbons (Fsp3) is 0.176. The number of nitrogens with zero attached hydrogens (tertiary/aromatic N) is 1. The lowest BCUT2D eigenvalue weighted by Gasteiger charge is -2.06. The third-order valence-corrected chi connectivity index (χ3v) is 4.09. The van der Waals surface area contributed by atoms with Crippen LogP contribution in [0, 0.1) is 6.92 Å². The number of hydrogen-bond acceptors (Lipinski definition) is 3. The minimum Gasteiger partial charge on any atom is -0.460 e. The molecule has 1 amide bonds. The van der Waals surface area contributed by atoms with Crippen molar-refractivity contribution in [3.8, 4) is 0 Å². The second kappa shape index (κ2) is 5.93. The number of fused-ring (bicyclic) bond motifs is 1. The van der Waals surface area contributed by atoms with Gasteiger partial charge in [-0.05, 0) is 24.6 Å². The maximum atomic E-state index is 12.5. The molecule has 0 aliphatic heterocycles. The van der Waals surface area contributed by atoms with Gasteiger partial charge in [0.25, 0.3) is 11.5 Å². The first-order valence-electron chi connectivity index (χ1n) is 7.09. The predicted octanol–water partition coefficient (Wildman–Crippen LogP) is 3.02. The standard InChI is InChI=1S/C17H15ClN2O3/c1-10-14(15-13(23-10)7-8-20(2)17(15)22)16(21)19-9-11-5-3-4-6-12(11)18/h3-8H,9H2,1-2H3,(H,19,21). The van der Waals surface area contributed by atoms with Gasteiger partial charge >= 0.3 is 0 Å². The Bertz CT molecular complexity index is 956. The van der Waals surface area contributed by atoms with Gasteiger partial charge in [0.05, 0.1) is 10.9 Å². The molecule has 0 atom stereocenters. The zero-order valence-electron chi connectivity index (χ0n) is 12.7. The molecule has 1 aromatic carbocycles. The summed E-state index contributed by atoms with van der Waals surface area (Å²) in [5.41, 5.74) is 1.23. The van der Waals surface area contributed by atoms with E-state index in [0.717, 1.165) is 5.56 Å². The molecule has 0 aliphatic rings. The molecule has 2 heterocycles. The fourth-order valence-electron chi connectivity index (χ4n) is 2.50. The summed E-state index contributed by atoms with van der Waals surface area (Å²) in [4.78, 5) is 24.8. The van der Waals surface area contributed by atoms with Crippen molar-refractivity contribution in [1.29, 1.82) is 0 Å². The zero-order chi connectivity index (χ0) is 16.6. The van der Waals surface area contributed by atoms with Gasteiger partial charge in [0, 0.05) is 24.8 Å². The van der Waals surface area contributed by atoms with Crippen LogP contribution in [-0.4, -0.2) is 10.5 Å². The monoisotopic (exact) mass is 330 g/mol. The summed E-state index contributed by atoms with van der Waals surface area (Å²) >= 11 is 6.08. The van der Waals surface area contributed by atoms with Crippen molar-refractivity contribution in [1.82, 2.24) is 9.88 Å². The van der Waals surface area contributed by atoms with E-state index in [1.807, 2.05) is 18.2 Å². The van der Waals surface area contributed by atoms with Gasteiger partial charge in [-0.3, -0.25) is 9.59 Å². The fourth-order valence-corrected chi connectivity index (χ4v) is 2.70. The molecule has 3 aromatic rings. The molecule has 6 heteroatoms. The van der Waals surface area contributed by atoms with Crippen molar-refractivity contribution in [3.05, 3.63) is 68.8 Å². The van der Waals surface area contributed by atoms with Crippen LogP contribution >= 0.6 is 11.6 Å². The normalized spacial score (nSPS) is 10.9. The van der Waals surface area contributed by atoms with E-state index in [1.165, 1.54) is 4.57 Å². The van der Waals surface area contributed by atoms with Gasteiger partial charge in [-0.1, -0.05) is 29.8 Å². The average molecular weight is 331 g/mol. The number of furan rings is 1. The first kappa shape index (κ1) is 15.4. The largest absolute Gasteiger partial charge is 0.460 e. The number of aryl methyl sites for hydroxylation is 2. The number of hydrogen-bond donors (Lipinski definition) is 1. The quantitative estimate of drug-likeness (QED) is 0.803. The van der Waals surface area contributed by atoms with Gasteiger partial charge in [0.15, 0.2) is 0 Å². The SMILES string of the molecule is Cc1oc2ccn(C)c(=O)c2c1C(=O)NCc1ccccc1Cl. The topological polar surface area (TPSA) is 64.2 Å². The van der Waals surface area contributed by atoms with Gasteiger partial charge in [-0.2, -0.15) is 0 Å². The molecule has 0 saturated carbocycles. The molecule has 0 spiro atoms. The second-order valence-electron chi connectivity index (χ2n) is 5.28. The van der Waals surface area contributed by atoms with Crippen LogP contribution in [0.3, 0.4) is 0 Å². The summed E-state index contributed by atoms with van der Waals surface area (Å²) in [7, 11) is 1.63. The lowest BCUT2D eigenvalue weighted by molar-refractivity contribution is 0.0951. The van der Waals surface area contributed by atoms with Gasteiger partial charge in [-0.15, -0.1) is 0 Å². The third-order valence-electron chi connectivity index (χ3n) is 3.72. The van der Waals surface area contributed by atoms with Crippen molar-refractivity contribution >= 4 is 28.5 Å². The number of benzene rings is 1. The smallest absolute Gasteiger partial charge is 0.262 e. The molecule has 3 rings (SSSR count). The first-order valence-corrected chi connectivity index (χ1v) is 7.47. The molecule has 2 aromatic heterocycles. The Hall–Kier alpha value is -2.53. The van der Waals surface area contributed by atoms with Crippen molar-refractivity contribution in [2.75, 3.05) is 0 Å². The lowest BCUT2D eigenvalue weighted by Crippen LogP contribution is -2.25. The summed E-state index contributed by atoms with van der Waals surface area (Å²) < 4.78 is 6.95. The van der Waals surface area contributed by atoms with E-state index in [0.29, 0.717) is 21.8 Å². The number of aromatic nitrogens is 1. The van der Waals surface area contributed by atoms with Crippen molar-refractivity contribution < 1.29 is 9.21 Å². The predicted molar refractivity (Wildman–Crippen MR) is 88.8 cm³/mol. The van der Waals surface area contributed by atoms with Crippen molar-refractivity contribution in [2.45, 2.75) is 13.5 Å². The minimum atomic E-state index is -0.357. The highest BCUT2D eigenvalue weighted by Gasteiger charge is 2.21. The number of halogens is 1. The molecule has 118 valence electrons. The highest BCUT2D eigenvalue weighted by atomic mass is 35.5. The molecule has 0 fully saturated rings. The molecular formula is C17H15ClN2O3. The third kappa shape index (κ3) is 2.75. The number of carbonyl (C=O) groups excluding carboxylic acids is 1. The Morgan fingerprint density at radius 3 is 2.78 bits per heavy atom. The van der Waals surface area contributed by atoms with Gasteiger partial charge in [0.2, 0.25) is 0 Å². The number of carbonyl (C=O) groups is 1. The highest BCUT2D eigenvalue weighted by Crippen LogP contribution is 2.22. The van der Waals surface area contributed by atoms with E-state index >= 15 is 0 Å². The molecule has 5 nitrogen and oxygen atoms in total. The van der Waals surface area contributed by atoms with E-state index < -0.39 is 0 Å². The molecule has 0 bridgehead atoms. The Morgan fingerprint density at radius 2 is 2.04 bits per heavy atom. The van der Waals surface area contributed by atoms with Gasteiger partial charge in [0.1, 0.15) is 11.3 Å². The van der Waals surface area contributed by atoms with E-state index in [1.54, 1.807) is 32.3 Å². The Labute approximate surface area is 137 Å². The summed E-state index contributed by atoms with van der Waals surface area (Å²) in [6.07, 6.45) is 1.61. The van der Waals surface area contributed by atoms with Crippen LogP contribution in [0.1, 0.15) is 21.7 Å². The summed E-state index contributed by atoms with van der Waals surface area (Å²) in [6, 6.07) is 8.94. The Balaban J connectivity index is 1.95. The van der Waals surface area contributed by atoms with Crippen LogP contribution in [0.25, 0.3) is 11.0 Å². The number of pyridine rings is 1. The first-order chi connectivity index (χ1) is 11.0. The van der Waals surface area contributed by atoms with Crippen LogP contribution in [0.2, 0.25) is 5.02 Å². The molecule has 0 aliphatic carbocycles. The zero-order valence-corrected chi connectivity index (χ0v) is 13.5. The molecule has 0 radical (unpaired) electrons. The maximum absolute atomic E-state index is 12.5. The highest BCUT2D eigenvalue weighted by molar-refractivity contribution is 6.31. The molecule has 23 heavy (non-hydrogen) atoms. The molecule has 0 saturated heterocycles. The Morgan fingerprint density at radius 1 is 1.30 bits per heavy atom. The number of rotatable bonds is 3. The number of amides is 1. The van der Waals surface area contributed by atoms with Crippen molar-refractivity contribution in [3.63, 3.8) is 0 Å². The van der Waals surface area contributed by atoms with E-state index in [2.05, 4.69) is 5.32 Å². The maximum Gasteiger partial charge on any atom is 0.262 e. The summed E-state index contributed by atoms with van der Waals surface area (Å²) in [6.45, 7) is 1.95. The van der Waals surface area contributed by atoms with Crippen molar-refractivity contribution in [2.24, 2.45) is 7.05 Å². The molecule has 1 N–H and O–H groups in total. The van der Waals surface area contributed by atoms with E-state index in [4.69, 9.17) is 16.0 Å². The second-order valence-corrected chi connectivity index (χ2v) is 5.69. The minimum absolute atomic E-state index is 0.262.